The van der Waals surface area contributed by atoms with Gasteiger partial charge in [-0.2, -0.15) is 0 Å². The van der Waals surface area contributed by atoms with E-state index in [9.17, 15) is 4.79 Å². The van der Waals surface area contributed by atoms with Gasteiger partial charge in [0, 0.05) is 0 Å². The number of unbranched alkanes of at least 4 members (excludes halogenated alkanes) is 4. The lowest BCUT2D eigenvalue weighted by atomic mass is 10.1. The zero-order chi connectivity index (χ0) is 9.40. The Morgan fingerprint density at radius 1 is 1.17 bits per heavy atom. The Morgan fingerprint density at radius 3 is 2.33 bits per heavy atom. The van der Waals surface area contributed by atoms with Gasteiger partial charge in [0.15, 0.2) is 5.78 Å². The van der Waals surface area contributed by atoms with Crippen LogP contribution in [0.4, 0.5) is 0 Å². The van der Waals surface area contributed by atoms with Crippen molar-refractivity contribution in [2.75, 3.05) is 0 Å². The molecule has 0 amide bonds. The second-order valence-corrected chi connectivity index (χ2v) is 3.29. The van der Waals surface area contributed by atoms with E-state index >= 15 is 0 Å². The van der Waals surface area contributed by atoms with Crippen LogP contribution in [0, 0.1) is 0 Å². The van der Waals surface area contributed by atoms with Gasteiger partial charge >= 0.3 is 0 Å². The summed E-state index contributed by atoms with van der Waals surface area (Å²) in [4.78, 5) is 10.8. The van der Waals surface area contributed by atoms with Crippen molar-refractivity contribution < 1.29 is 4.79 Å². The van der Waals surface area contributed by atoms with E-state index in [0.717, 1.165) is 12.0 Å². The fourth-order valence-electron chi connectivity index (χ4n) is 1.03. The van der Waals surface area contributed by atoms with E-state index in [2.05, 4.69) is 13.0 Å². The predicted octanol–water partition coefficient (Wildman–Crippen LogP) is 3.49. The van der Waals surface area contributed by atoms with Gasteiger partial charge in [0.1, 0.15) is 0 Å². The molecule has 0 N–H and O–H groups in total. The molecule has 0 atom stereocenters. The maximum atomic E-state index is 10.8. The van der Waals surface area contributed by atoms with E-state index in [1.54, 1.807) is 6.92 Å². The highest BCUT2D eigenvalue weighted by Gasteiger charge is 1.93. The van der Waals surface area contributed by atoms with E-state index in [4.69, 9.17) is 0 Å². The van der Waals surface area contributed by atoms with E-state index in [0.29, 0.717) is 0 Å². The number of carbonyl (C=O) groups is 1. The van der Waals surface area contributed by atoms with Crippen molar-refractivity contribution >= 4 is 5.78 Å². The third-order valence-electron chi connectivity index (χ3n) is 2.06. The number of Topliss-reactive ketones (excluding diaryl/α,β-unsaturated/α-hetero) is 1. The second-order valence-electron chi connectivity index (χ2n) is 3.29. The normalized spacial score (nSPS) is 11.8. The van der Waals surface area contributed by atoms with E-state index < -0.39 is 0 Å². The standard InChI is InChI=1S/C11H20O/c1-4-5-6-7-8-9-10(2)11(3)12/h9H,4-8H2,1-3H3/b10-9+. The second kappa shape index (κ2) is 7.08. The predicted molar refractivity (Wildman–Crippen MR) is 53.2 cm³/mol. The van der Waals surface area contributed by atoms with Crippen LogP contribution in [0.1, 0.15) is 52.9 Å². The van der Waals surface area contributed by atoms with E-state index in [1.807, 2.05) is 6.92 Å². The summed E-state index contributed by atoms with van der Waals surface area (Å²) >= 11 is 0. The molecule has 0 fully saturated rings. The fourth-order valence-corrected chi connectivity index (χ4v) is 1.03. The molecule has 12 heavy (non-hydrogen) atoms. The minimum atomic E-state index is 0.200. The van der Waals surface area contributed by atoms with Gasteiger partial charge < -0.3 is 0 Å². The number of allylic oxidation sites excluding steroid dienone is 2. The zero-order valence-corrected chi connectivity index (χ0v) is 8.52. The van der Waals surface area contributed by atoms with Crippen molar-refractivity contribution in [1.82, 2.24) is 0 Å². The molecular formula is C11H20O. The number of hydrogen-bond acceptors (Lipinski definition) is 1. The molecule has 0 bridgehead atoms. The molecule has 0 radical (unpaired) electrons. The summed E-state index contributed by atoms with van der Waals surface area (Å²) in [6.07, 6.45) is 8.21. The van der Waals surface area contributed by atoms with Gasteiger partial charge in [0.2, 0.25) is 0 Å². The summed E-state index contributed by atoms with van der Waals surface area (Å²) < 4.78 is 0. The third kappa shape index (κ3) is 6.14. The van der Waals surface area contributed by atoms with Crippen LogP contribution in [-0.4, -0.2) is 5.78 Å². The molecule has 0 aliphatic heterocycles. The number of carbonyl (C=O) groups excluding carboxylic acids is 1. The Labute approximate surface area is 75.9 Å². The summed E-state index contributed by atoms with van der Waals surface area (Å²) in [5.41, 5.74) is 0.909. The molecule has 1 heteroatoms. The highest BCUT2D eigenvalue weighted by Crippen LogP contribution is 2.05. The van der Waals surface area contributed by atoms with Crippen molar-refractivity contribution in [3.8, 4) is 0 Å². The average molecular weight is 168 g/mol. The minimum absolute atomic E-state index is 0.200. The van der Waals surface area contributed by atoms with Gasteiger partial charge in [-0.1, -0.05) is 32.3 Å². The summed E-state index contributed by atoms with van der Waals surface area (Å²) in [6.45, 7) is 5.72. The molecule has 0 aromatic carbocycles. The molecule has 0 rings (SSSR count). The number of hydrogen-bond donors (Lipinski definition) is 0. The largest absolute Gasteiger partial charge is 0.295 e. The molecule has 0 saturated carbocycles. The lowest BCUT2D eigenvalue weighted by molar-refractivity contribution is -0.113. The van der Waals surface area contributed by atoms with Gasteiger partial charge in [-0.3, -0.25) is 4.79 Å². The van der Waals surface area contributed by atoms with Gasteiger partial charge in [-0.05, 0) is 32.3 Å². The lowest BCUT2D eigenvalue weighted by Crippen LogP contribution is -1.90. The van der Waals surface area contributed by atoms with Crippen LogP contribution in [0.15, 0.2) is 11.6 Å². The number of rotatable bonds is 6. The van der Waals surface area contributed by atoms with Crippen LogP contribution < -0.4 is 0 Å². The molecule has 0 aliphatic carbocycles. The Morgan fingerprint density at radius 2 is 1.83 bits per heavy atom. The summed E-state index contributed by atoms with van der Waals surface area (Å²) in [7, 11) is 0. The van der Waals surface area contributed by atoms with Crippen molar-refractivity contribution in [2.45, 2.75) is 52.9 Å². The molecule has 0 unspecified atom stereocenters. The Kier molecular flexibility index (Phi) is 6.73. The first-order chi connectivity index (χ1) is 5.68. The molecule has 0 aromatic heterocycles. The first-order valence-electron chi connectivity index (χ1n) is 4.86. The van der Waals surface area contributed by atoms with E-state index in [-0.39, 0.29) is 5.78 Å². The maximum absolute atomic E-state index is 10.8. The van der Waals surface area contributed by atoms with Crippen molar-refractivity contribution in [2.24, 2.45) is 0 Å². The van der Waals surface area contributed by atoms with Gasteiger partial charge in [-0.25, -0.2) is 0 Å². The van der Waals surface area contributed by atoms with Crippen molar-refractivity contribution in [3.05, 3.63) is 11.6 Å². The molecule has 0 aromatic rings. The molecule has 0 heterocycles. The van der Waals surface area contributed by atoms with Crippen LogP contribution in [0.3, 0.4) is 0 Å². The van der Waals surface area contributed by atoms with Crippen molar-refractivity contribution in [3.63, 3.8) is 0 Å². The molecule has 0 spiro atoms. The zero-order valence-electron chi connectivity index (χ0n) is 8.52. The summed E-state index contributed by atoms with van der Waals surface area (Å²) in [5.74, 6) is 0.200. The van der Waals surface area contributed by atoms with Crippen LogP contribution in [0.5, 0.6) is 0 Å². The Balaban J connectivity index is 3.40. The average Bonchev–Trinajstić information content (AvgIpc) is 2.03. The monoisotopic (exact) mass is 168 g/mol. The highest BCUT2D eigenvalue weighted by molar-refractivity contribution is 5.92. The van der Waals surface area contributed by atoms with Crippen LogP contribution >= 0.6 is 0 Å². The maximum Gasteiger partial charge on any atom is 0.155 e. The first-order valence-corrected chi connectivity index (χ1v) is 4.86. The van der Waals surface area contributed by atoms with Crippen LogP contribution in [-0.2, 0) is 4.79 Å². The molecule has 70 valence electrons. The van der Waals surface area contributed by atoms with Crippen LogP contribution in [0.25, 0.3) is 0 Å². The third-order valence-corrected chi connectivity index (χ3v) is 2.06. The molecular weight excluding hydrogens is 148 g/mol. The topological polar surface area (TPSA) is 17.1 Å². The first kappa shape index (κ1) is 11.4. The SMILES string of the molecule is CCCCCC/C=C(\C)C(C)=O. The van der Waals surface area contributed by atoms with Crippen LogP contribution in [0.2, 0.25) is 0 Å². The van der Waals surface area contributed by atoms with Gasteiger partial charge in [0.05, 0.1) is 0 Å². The van der Waals surface area contributed by atoms with E-state index in [1.165, 1.54) is 25.7 Å². The quantitative estimate of drug-likeness (QED) is 0.438. The molecule has 0 saturated heterocycles. The van der Waals surface area contributed by atoms with Crippen molar-refractivity contribution in [1.29, 1.82) is 0 Å². The fraction of sp³-hybridized carbons (Fsp3) is 0.727. The Hall–Kier alpha value is -0.590. The smallest absolute Gasteiger partial charge is 0.155 e. The van der Waals surface area contributed by atoms with Gasteiger partial charge in [-0.15, -0.1) is 0 Å². The Bertz CT molecular complexity index is 156. The summed E-state index contributed by atoms with van der Waals surface area (Å²) in [6, 6.07) is 0. The molecule has 0 aliphatic rings. The number of ketones is 1. The molecule has 1 nitrogen and oxygen atoms in total. The lowest BCUT2D eigenvalue weighted by Gasteiger charge is -1.96. The van der Waals surface area contributed by atoms with Gasteiger partial charge in [0.25, 0.3) is 0 Å². The minimum Gasteiger partial charge on any atom is -0.295 e. The summed E-state index contributed by atoms with van der Waals surface area (Å²) in [5, 5.41) is 0. The highest BCUT2D eigenvalue weighted by atomic mass is 16.1.